The largest absolute Gasteiger partial charge is 0.472 e. The van der Waals surface area contributed by atoms with E-state index in [1.54, 1.807) is 12.5 Å². The van der Waals surface area contributed by atoms with Crippen LogP contribution < -0.4 is 5.73 Å². The van der Waals surface area contributed by atoms with Crippen LogP contribution >= 0.6 is 0 Å². The Morgan fingerprint density at radius 2 is 2.47 bits per heavy atom. The lowest BCUT2D eigenvalue weighted by Crippen LogP contribution is -2.44. The highest BCUT2D eigenvalue weighted by Crippen LogP contribution is 2.07. The average Bonchev–Trinajstić information content (AvgIpc) is 2.71. The zero-order chi connectivity index (χ0) is 11.3. The second-order valence-electron chi connectivity index (χ2n) is 3.32. The summed E-state index contributed by atoms with van der Waals surface area (Å²) >= 11 is 0. The molecule has 0 fully saturated rings. The van der Waals surface area contributed by atoms with Gasteiger partial charge in [-0.05, 0) is 13.1 Å². The lowest BCUT2D eigenvalue weighted by atomic mass is 10.2. The first-order chi connectivity index (χ1) is 7.19. The van der Waals surface area contributed by atoms with E-state index in [9.17, 15) is 4.79 Å². The molecule has 84 valence electrons. The third kappa shape index (κ3) is 3.07. The molecule has 0 radical (unpaired) electrons. The van der Waals surface area contributed by atoms with E-state index in [-0.39, 0.29) is 12.5 Å². The molecule has 0 bridgehead atoms. The van der Waals surface area contributed by atoms with Crippen molar-refractivity contribution in [3.8, 4) is 0 Å². The second kappa shape index (κ2) is 5.53. The number of nitrogens with two attached hydrogens (primary N) is 1. The number of hydrogen-bond acceptors (Lipinski definition) is 5. The standard InChI is InChI=1S/C10H16N2O3/c1-12(6-8-3-4-15-7-8)9(5-11)10(13)14-2/h3-4,7,9H,5-6,11H2,1-2H3. The van der Waals surface area contributed by atoms with Crippen LogP contribution in [0.25, 0.3) is 0 Å². The number of hydrogen-bond donors (Lipinski definition) is 1. The molecule has 0 aliphatic carbocycles. The number of likely N-dealkylation sites (N-methyl/N-ethyl adjacent to an activating group) is 1. The van der Waals surface area contributed by atoms with Crippen LogP contribution in [0.3, 0.4) is 0 Å². The number of carbonyl (C=O) groups excluding carboxylic acids is 1. The summed E-state index contributed by atoms with van der Waals surface area (Å²) in [5.74, 6) is -0.316. The molecule has 0 saturated heterocycles. The third-order valence-corrected chi connectivity index (χ3v) is 2.24. The highest BCUT2D eigenvalue weighted by atomic mass is 16.5. The predicted molar refractivity (Wildman–Crippen MR) is 55.0 cm³/mol. The number of ether oxygens (including phenoxy) is 1. The van der Waals surface area contributed by atoms with E-state index in [0.29, 0.717) is 6.54 Å². The molecule has 1 heterocycles. The van der Waals surface area contributed by atoms with Crippen LogP contribution in [0.5, 0.6) is 0 Å². The Morgan fingerprint density at radius 1 is 1.73 bits per heavy atom. The van der Waals surface area contributed by atoms with Gasteiger partial charge in [0.25, 0.3) is 0 Å². The number of furan rings is 1. The van der Waals surface area contributed by atoms with E-state index in [0.717, 1.165) is 5.56 Å². The van der Waals surface area contributed by atoms with Crippen LogP contribution in [-0.4, -0.2) is 37.6 Å². The maximum absolute atomic E-state index is 11.3. The number of methoxy groups -OCH3 is 1. The molecule has 0 amide bonds. The van der Waals surface area contributed by atoms with Gasteiger partial charge in [0, 0.05) is 18.7 Å². The SMILES string of the molecule is COC(=O)C(CN)N(C)Cc1ccoc1. The van der Waals surface area contributed by atoms with E-state index in [1.165, 1.54) is 7.11 Å². The fourth-order valence-corrected chi connectivity index (χ4v) is 1.37. The number of nitrogens with zero attached hydrogens (tertiary/aromatic N) is 1. The third-order valence-electron chi connectivity index (χ3n) is 2.24. The van der Waals surface area contributed by atoms with E-state index in [1.807, 2.05) is 18.0 Å². The summed E-state index contributed by atoms with van der Waals surface area (Å²) in [6.07, 6.45) is 3.24. The summed E-state index contributed by atoms with van der Waals surface area (Å²) in [6, 6.07) is 1.44. The molecule has 1 aromatic heterocycles. The maximum atomic E-state index is 11.3. The van der Waals surface area contributed by atoms with Crippen molar-refractivity contribution >= 4 is 5.97 Å². The number of esters is 1. The molecule has 1 unspecified atom stereocenters. The predicted octanol–water partition coefficient (Wildman–Crippen LogP) is 0.212. The molecule has 5 heteroatoms. The quantitative estimate of drug-likeness (QED) is 0.707. The minimum Gasteiger partial charge on any atom is -0.472 e. The van der Waals surface area contributed by atoms with E-state index < -0.39 is 6.04 Å². The van der Waals surface area contributed by atoms with E-state index >= 15 is 0 Å². The summed E-state index contributed by atoms with van der Waals surface area (Å²) in [4.78, 5) is 13.2. The molecule has 1 atom stereocenters. The fraction of sp³-hybridized carbons (Fsp3) is 0.500. The summed E-state index contributed by atoms with van der Waals surface area (Å²) in [7, 11) is 3.18. The minimum absolute atomic E-state index is 0.237. The monoisotopic (exact) mass is 212 g/mol. The normalized spacial score (nSPS) is 12.8. The van der Waals surface area contributed by atoms with Gasteiger partial charge in [-0.3, -0.25) is 9.69 Å². The molecule has 0 saturated carbocycles. The Hall–Kier alpha value is -1.33. The number of rotatable bonds is 5. The first-order valence-electron chi connectivity index (χ1n) is 4.68. The van der Waals surface area contributed by atoms with Gasteiger partial charge < -0.3 is 14.9 Å². The summed E-state index contributed by atoms with van der Waals surface area (Å²) in [5, 5.41) is 0. The van der Waals surface area contributed by atoms with Gasteiger partial charge in [0.1, 0.15) is 6.04 Å². The fourth-order valence-electron chi connectivity index (χ4n) is 1.37. The highest BCUT2D eigenvalue weighted by Gasteiger charge is 2.22. The van der Waals surface area contributed by atoms with Crippen LogP contribution in [0.15, 0.2) is 23.0 Å². The number of carbonyl (C=O) groups is 1. The summed E-state index contributed by atoms with van der Waals surface area (Å²) < 4.78 is 9.60. The molecular weight excluding hydrogens is 196 g/mol. The van der Waals surface area contributed by atoms with Crippen molar-refractivity contribution < 1.29 is 13.9 Å². The van der Waals surface area contributed by atoms with E-state index in [2.05, 4.69) is 4.74 Å². The summed E-state index contributed by atoms with van der Waals surface area (Å²) in [5.41, 5.74) is 6.51. The Bertz CT molecular complexity index is 298. The maximum Gasteiger partial charge on any atom is 0.324 e. The molecule has 2 N–H and O–H groups in total. The van der Waals surface area contributed by atoms with Crippen LogP contribution in [0.2, 0.25) is 0 Å². The van der Waals surface area contributed by atoms with Crippen molar-refractivity contribution in [1.29, 1.82) is 0 Å². The van der Waals surface area contributed by atoms with Crippen molar-refractivity contribution in [2.24, 2.45) is 5.73 Å². The van der Waals surface area contributed by atoms with Gasteiger partial charge >= 0.3 is 5.97 Å². The first-order valence-corrected chi connectivity index (χ1v) is 4.68. The van der Waals surface area contributed by atoms with Crippen LogP contribution in [-0.2, 0) is 16.1 Å². The molecule has 0 spiro atoms. The first kappa shape index (κ1) is 11.7. The second-order valence-corrected chi connectivity index (χ2v) is 3.32. The van der Waals surface area contributed by atoms with Crippen molar-refractivity contribution in [3.63, 3.8) is 0 Å². The van der Waals surface area contributed by atoms with Gasteiger partial charge in [-0.15, -0.1) is 0 Å². The van der Waals surface area contributed by atoms with Gasteiger partial charge in [0.05, 0.1) is 19.6 Å². The van der Waals surface area contributed by atoms with Crippen molar-refractivity contribution in [2.75, 3.05) is 20.7 Å². The topological polar surface area (TPSA) is 68.7 Å². The molecule has 0 aliphatic heterocycles. The molecule has 1 rings (SSSR count). The van der Waals surface area contributed by atoms with Crippen molar-refractivity contribution in [2.45, 2.75) is 12.6 Å². The zero-order valence-corrected chi connectivity index (χ0v) is 8.97. The lowest BCUT2D eigenvalue weighted by molar-refractivity contribution is -0.146. The molecule has 15 heavy (non-hydrogen) atoms. The Kier molecular flexibility index (Phi) is 4.33. The van der Waals surface area contributed by atoms with Crippen LogP contribution in [0.4, 0.5) is 0 Å². The molecular formula is C10H16N2O3. The van der Waals surface area contributed by atoms with Crippen molar-refractivity contribution in [1.82, 2.24) is 4.90 Å². The lowest BCUT2D eigenvalue weighted by Gasteiger charge is -2.23. The van der Waals surface area contributed by atoms with Crippen LogP contribution in [0, 0.1) is 0 Å². The van der Waals surface area contributed by atoms with Crippen LogP contribution in [0.1, 0.15) is 5.56 Å². The molecule has 5 nitrogen and oxygen atoms in total. The van der Waals surface area contributed by atoms with Gasteiger partial charge in [-0.2, -0.15) is 0 Å². The Labute approximate surface area is 88.8 Å². The smallest absolute Gasteiger partial charge is 0.324 e. The molecule has 0 aliphatic rings. The van der Waals surface area contributed by atoms with Gasteiger partial charge in [0.2, 0.25) is 0 Å². The summed E-state index contributed by atoms with van der Waals surface area (Å²) in [6.45, 7) is 0.842. The van der Waals surface area contributed by atoms with Gasteiger partial charge in [-0.25, -0.2) is 0 Å². The van der Waals surface area contributed by atoms with Gasteiger partial charge in [0.15, 0.2) is 0 Å². The Morgan fingerprint density at radius 3 is 2.93 bits per heavy atom. The van der Waals surface area contributed by atoms with E-state index in [4.69, 9.17) is 10.2 Å². The zero-order valence-electron chi connectivity index (χ0n) is 8.97. The average molecular weight is 212 g/mol. The molecule has 1 aromatic rings. The van der Waals surface area contributed by atoms with Gasteiger partial charge in [-0.1, -0.05) is 0 Å². The minimum atomic E-state index is -0.412. The highest BCUT2D eigenvalue weighted by molar-refractivity contribution is 5.75. The van der Waals surface area contributed by atoms with Crippen molar-refractivity contribution in [3.05, 3.63) is 24.2 Å². The molecule has 0 aromatic carbocycles. The Balaban J connectivity index is 2.57.